The number of nitrogens with zero attached hydrogens (tertiary/aromatic N) is 4. The van der Waals surface area contributed by atoms with Gasteiger partial charge in [0, 0.05) is 36.6 Å². The van der Waals surface area contributed by atoms with Crippen molar-refractivity contribution in [1.29, 1.82) is 0 Å². The molecule has 1 fully saturated rings. The summed E-state index contributed by atoms with van der Waals surface area (Å²) in [5, 5.41) is 10.6. The molecule has 1 aliphatic heterocycles. The summed E-state index contributed by atoms with van der Waals surface area (Å²) in [6.07, 6.45) is -1.92. The van der Waals surface area contributed by atoms with Crippen molar-refractivity contribution >= 4 is 17.5 Å². The van der Waals surface area contributed by atoms with Gasteiger partial charge >= 0.3 is 6.36 Å². The van der Waals surface area contributed by atoms with Crippen molar-refractivity contribution < 1.29 is 32.2 Å². The van der Waals surface area contributed by atoms with E-state index in [1.54, 1.807) is 35.5 Å². The second kappa shape index (κ2) is 10.7. The summed E-state index contributed by atoms with van der Waals surface area (Å²) in [6, 6.07) is 8.45. The molecule has 36 heavy (non-hydrogen) atoms. The number of carbonyl (C=O) groups excluding carboxylic acids is 2. The highest BCUT2D eigenvalue weighted by Gasteiger charge is 2.34. The molecule has 0 bridgehead atoms. The highest BCUT2D eigenvalue weighted by atomic mass is 19.4. The van der Waals surface area contributed by atoms with Crippen molar-refractivity contribution in [3.05, 3.63) is 54.4 Å². The fourth-order valence-corrected chi connectivity index (χ4v) is 3.66. The van der Waals surface area contributed by atoms with E-state index in [0.29, 0.717) is 37.6 Å². The Morgan fingerprint density at radius 2 is 1.81 bits per heavy atom. The number of carbonyl (C=O) groups is 2. The molecule has 0 radical (unpaired) electrons. The minimum absolute atomic E-state index is 0.00531. The maximum absolute atomic E-state index is 13.2. The zero-order valence-electron chi connectivity index (χ0n) is 18.8. The predicted octanol–water partition coefficient (Wildman–Crippen LogP) is 2.47. The second-order valence-corrected chi connectivity index (χ2v) is 7.76. The second-order valence-electron chi connectivity index (χ2n) is 7.76. The molecule has 2 aromatic heterocycles. The SMILES string of the molecule is NC(=O)c1ccc(OC(F)(F)F)c(NC(=O)CN2CCOCC2)c1-c1ccc(-c2cccnc2)nn1. The quantitative estimate of drug-likeness (QED) is 0.504. The van der Waals surface area contributed by atoms with Crippen molar-refractivity contribution in [2.24, 2.45) is 5.73 Å². The third-order valence-electron chi connectivity index (χ3n) is 5.27. The summed E-state index contributed by atoms with van der Waals surface area (Å²) in [5.41, 5.74) is 5.88. The van der Waals surface area contributed by atoms with E-state index in [-0.39, 0.29) is 23.4 Å². The van der Waals surface area contributed by atoms with E-state index in [0.717, 1.165) is 12.1 Å². The van der Waals surface area contributed by atoms with Gasteiger partial charge in [0.15, 0.2) is 5.75 Å². The fourth-order valence-electron chi connectivity index (χ4n) is 3.66. The lowest BCUT2D eigenvalue weighted by Gasteiger charge is -2.26. The number of nitrogens with two attached hydrogens (primary N) is 1. The molecule has 0 unspecified atom stereocenters. The van der Waals surface area contributed by atoms with Gasteiger partial charge in [-0.2, -0.15) is 0 Å². The number of aromatic nitrogens is 3. The van der Waals surface area contributed by atoms with Gasteiger partial charge < -0.3 is 20.5 Å². The van der Waals surface area contributed by atoms with E-state index in [1.165, 1.54) is 6.07 Å². The molecule has 3 N–H and O–H groups in total. The molecule has 3 aromatic rings. The number of alkyl halides is 3. The minimum Gasteiger partial charge on any atom is -0.404 e. The minimum atomic E-state index is -5.06. The van der Waals surface area contributed by atoms with Crippen LogP contribution in [-0.4, -0.2) is 71.1 Å². The van der Waals surface area contributed by atoms with Crippen LogP contribution in [0.1, 0.15) is 10.4 Å². The average Bonchev–Trinajstić information content (AvgIpc) is 2.85. The number of anilines is 1. The Labute approximate surface area is 203 Å². The molecule has 2 amide bonds. The van der Waals surface area contributed by atoms with Gasteiger partial charge in [-0.3, -0.25) is 19.5 Å². The monoisotopic (exact) mass is 502 g/mol. The standard InChI is InChI=1S/C23H21F3N6O4/c24-23(25,26)36-18-6-3-15(22(27)34)20(21(18)29-19(33)13-32-8-10-35-11-9-32)17-5-4-16(30-31-17)14-2-1-7-28-12-14/h1-7,12H,8-11,13H2,(H2,27,34)(H,29,33). The van der Waals surface area contributed by atoms with Crippen molar-refractivity contribution in [3.63, 3.8) is 0 Å². The van der Waals surface area contributed by atoms with Crippen molar-refractivity contribution in [2.45, 2.75) is 6.36 Å². The molecular formula is C23H21F3N6O4. The van der Waals surface area contributed by atoms with Crippen LogP contribution in [0.3, 0.4) is 0 Å². The first-order chi connectivity index (χ1) is 17.2. The van der Waals surface area contributed by atoms with Crippen LogP contribution in [0, 0.1) is 0 Å². The fraction of sp³-hybridized carbons (Fsp3) is 0.261. The number of primary amides is 1. The number of morpholine rings is 1. The summed E-state index contributed by atoms with van der Waals surface area (Å²) >= 11 is 0. The Bertz CT molecular complexity index is 1230. The summed E-state index contributed by atoms with van der Waals surface area (Å²) < 4.78 is 49.0. The summed E-state index contributed by atoms with van der Waals surface area (Å²) in [7, 11) is 0. The first-order valence-electron chi connectivity index (χ1n) is 10.8. The lowest BCUT2D eigenvalue weighted by atomic mass is 9.99. The number of benzene rings is 1. The van der Waals surface area contributed by atoms with Gasteiger partial charge in [0.25, 0.3) is 0 Å². The van der Waals surface area contributed by atoms with Gasteiger partial charge in [0.2, 0.25) is 11.8 Å². The lowest BCUT2D eigenvalue weighted by molar-refractivity contribution is -0.274. The lowest BCUT2D eigenvalue weighted by Crippen LogP contribution is -2.41. The molecule has 0 aliphatic carbocycles. The third kappa shape index (κ3) is 6.12. The summed E-state index contributed by atoms with van der Waals surface area (Å²) in [6.45, 7) is 1.71. The largest absolute Gasteiger partial charge is 0.573 e. The Hall–Kier alpha value is -4.10. The van der Waals surface area contributed by atoms with Crippen LogP contribution >= 0.6 is 0 Å². The van der Waals surface area contributed by atoms with Crippen molar-refractivity contribution in [3.8, 4) is 28.3 Å². The number of hydrogen-bond donors (Lipinski definition) is 2. The molecular weight excluding hydrogens is 481 g/mol. The Morgan fingerprint density at radius 3 is 2.42 bits per heavy atom. The smallest absolute Gasteiger partial charge is 0.404 e. The van der Waals surface area contributed by atoms with Gasteiger partial charge in [0.1, 0.15) is 0 Å². The van der Waals surface area contributed by atoms with E-state index in [4.69, 9.17) is 10.5 Å². The van der Waals surface area contributed by atoms with E-state index < -0.39 is 29.6 Å². The van der Waals surface area contributed by atoms with Crippen molar-refractivity contribution in [1.82, 2.24) is 20.1 Å². The summed E-state index contributed by atoms with van der Waals surface area (Å²) in [5.74, 6) is -2.28. The highest BCUT2D eigenvalue weighted by molar-refractivity contribution is 6.07. The number of hydrogen-bond acceptors (Lipinski definition) is 8. The zero-order valence-corrected chi connectivity index (χ0v) is 18.8. The highest BCUT2D eigenvalue weighted by Crippen LogP contribution is 2.40. The normalized spacial score (nSPS) is 14.3. The van der Waals surface area contributed by atoms with Crippen LogP contribution in [0.5, 0.6) is 5.75 Å². The molecule has 10 nitrogen and oxygen atoms in total. The van der Waals surface area contributed by atoms with Gasteiger partial charge in [-0.05, 0) is 36.4 Å². The molecule has 1 saturated heterocycles. The van der Waals surface area contributed by atoms with E-state index in [9.17, 15) is 22.8 Å². The maximum atomic E-state index is 13.2. The number of rotatable bonds is 7. The predicted molar refractivity (Wildman–Crippen MR) is 122 cm³/mol. The number of halogens is 3. The molecule has 1 aromatic carbocycles. The Kier molecular flexibility index (Phi) is 7.41. The van der Waals surface area contributed by atoms with Crippen LogP contribution in [0.15, 0.2) is 48.8 Å². The number of nitrogens with one attached hydrogen (secondary N) is 1. The third-order valence-corrected chi connectivity index (χ3v) is 5.27. The number of amides is 2. The van der Waals surface area contributed by atoms with Crippen LogP contribution < -0.4 is 15.8 Å². The number of ether oxygens (including phenoxy) is 2. The molecule has 1 aliphatic rings. The molecule has 0 atom stereocenters. The zero-order chi connectivity index (χ0) is 25.7. The van der Waals surface area contributed by atoms with Crippen LogP contribution in [0.2, 0.25) is 0 Å². The molecule has 4 rings (SSSR count). The van der Waals surface area contributed by atoms with Gasteiger partial charge in [-0.1, -0.05) is 0 Å². The van der Waals surface area contributed by atoms with Gasteiger partial charge in [0.05, 0.1) is 42.4 Å². The Morgan fingerprint density at radius 1 is 1.08 bits per heavy atom. The first kappa shape index (κ1) is 25.0. The van der Waals surface area contributed by atoms with E-state index in [1.807, 2.05) is 0 Å². The van der Waals surface area contributed by atoms with Crippen LogP contribution in [-0.2, 0) is 9.53 Å². The molecule has 0 spiro atoms. The molecule has 13 heteroatoms. The first-order valence-corrected chi connectivity index (χ1v) is 10.8. The van der Waals surface area contributed by atoms with E-state index in [2.05, 4.69) is 25.2 Å². The average molecular weight is 502 g/mol. The molecule has 188 valence electrons. The van der Waals surface area contributed by atoms with Gasteiger partial charge in [-0.25, -0.2) is 0 Å². The number of pyridine rings is 1. The van der Waals surface area contributed by atoms with E-state index >= 15 is 0 Å². The maximum Gasteiger partial charge on any atom is 0.573 e. The van der Waals surface area contributed by atoms with Gasteiger partial charge in [-0.15, -0.1) is 23.4 Å². The molecule has 3 heterocycles. The van der Waals surface area contributed by atoms with Crippen LogP contribution in [0.4, 0.5) is 18.9 Å². The summed E-state index contributed by atoms with van der Waals surface area (Å²) in [4.78, 5) is 30.8. The van der Waals surface area contributed by atoms with Crippen LogP contribution in [0.25, 0.3) is 22.5 Å². The molecule has 0 saturated carbocycles. The Balaban J connectivity index is 1.77. The van der Waals surface area contributed by atoms with Crippen molar-refractivity contribution in [2.75, 3.05) is 38.2 Å². The topological polar surface area (TPSA) is 133 Å².